The molecule has 2 aromatic heterocycles. The highest BCUT2D eigenvalue weighted by atomic mass is 19.4. The number of hydrogen-bond acceptors (Lipinski definition) is 4. The Morgan fingerprint density at radius 2 is 1.94 bits per heavy atom. The van der Waals surface area contributed by atoms with E-state index in [9.17, 15) is 18.0 Å². The van der Waals surface area contributed by atoms with Crippen LogP contribution in [0, 0.1) is 5.82 Å². The largest absolute Gasteiger partial charge is 0.401 e. The minimum absolute atomic E-state index is 0.0530. The van der Waals surface area contributed by atoms with E-state index < -0.39 is 24.6 Å². The number of benzene rings is 2. The molecule has 1 amide bonds. The normalized spacial score (nSPS) is 16.0. The fourth-order valence-electron chi connectivity index (χ4n) is 4.80. The molecule has 0 saturated carbocycles. The van der Waals surface area contributed by atoms with Gasteiger partial charge >= 0.3 is 6.18 Å². The molecule has 0 fully saturated rings. The average molecular weight is 483 g/mol. The summed E-state index contributed by atoms with van der Waals surface area (Å²) in [6, 6.07) is 9.08. The second-order valence-electron chi connectivity index (χ2n) is 8.63. The van der Waals surface area contributed by atoms with Crippen LogP contribution in [0.2, 0.25) is 0 Å². The van der Waals surface area contributed by atoms with Gasteiger partial charge in [0.25, 0.3) is 0 Å². The molecule has 1 N–H and O–H groups in total. The van der Waals surface area contributed by atoms with Crippen molar-refractivity contribution in [3.8, 4) is 11.1 Å². The molecule has 0 bridgehead atoms. The van der Waals surface area contributed by atoms with Crippen molar-refractivity contribution in [3.63, 3.8) is 0 Å². The molecule has 10 heteroatoms. The fraction of sp³-hybridized carbons (Fsp3) is 0.240. The molecule has 0 radical (unpaired) electrons. The Morgan fingerprint density at radius 1 is 1.14 bits per heavy atom. The molecule has 2 aromatic carbocycles. The summed E-state index contributed by atoms with van der Waals surface area (Å²) < 4.78 is 57.9. The Bertz CT molecular complexity index is 1450. The van der Waals surface area contributed by atoms with Gasteiger partial charge in [0.15, 0.2) is 5.82 Å². The first-order valence-electron chi connectivity index (χ1n) is 10.9. The lowest BCUT2D eigenvalue weighted by Crippen LogP contribution is -2.33. The first kappa shape index (κ1) is 23.0. The third-order valence-electron chi connectivity index (χ3n) is 6.14. The monoisotopic (exact) mass is 483 g/mol. The quantitative estimate of drug-likeness (QED) is 0.406. The van der Waals surface area contributed by atoms with Gasteiger partial charge < -0.3 is 9.88 Å². The molecule has 3 heterocycles. The number of halogens is 4. The van der Waals surface area contributed by atoms with Gasteiger partial charge in [-0.3, -0.25) is 14.7 Å². The second-order valence-corrected chi connectivity index (χ2v) is 8.63. The van der Waals surface area contributed by atoms with Crippen LogP contribution in [0.25, 0.3) is 22.2 Å². The van der Waals surface area contributed by atoms with Gasteiger partial charge in [0, 0.05) is 49.7 Å². The summed E-state index contributed by atoms with van der Waals surface area (Å²) in [6.45, 7) is 0.258. The van der Waals surface area contributed by atoms with E-state index in [0.717, 1.165) is 0 Å². The predicted octanol–water partition coefficient (Wildman–Crippen LogP) is 5.20. The number of nitrogens with one attached hydrogen (secondary N) is 1. The molecule has 1 aliphatic heterocycles. The standard InChI is InChI=1S/C25H21F4N5O/c1-14(35)32-16-4-3-15-11-34(12-25(27,28)29)23(19(15)9-16)20-10-30-8-7-17(20)18-5-6-21-24(22(18)26)33(2)13-31-21/h3-10,13,23H,11-12H2,1-2H3,(H,32,35). The van der Waals surface area contributed by atoms with Crippen molar-refractivity contribution in [1.29, 1.82) is 0 Å². The summed E-state index contributed by atoms with van der Waals surface area (Å²) in [6.07, 6.45) is 0.0364. The molecular formula is C25H21F4N5O. The third kappa shape index (κ3) is 4.25. The number of nitrogens with zero attached hydrogens (tertiary/aromatic N) is 4. The van der Waals surface area contributed by atoms with Crippen molar-refractivity contribution in [3.05, 3.63) is 77.6 Å². The number of amides is 1. The van der Waals surface area contributed by atoms with Crippen molar-refractivity contribution in [2.24, 2.45) is 7.05 Å². The lowest BCUT2D eigenvalue weighted by Gasteiger charge is -2.28. The van der Waals surface area contributed by atoms with E-state index in [1.165, 1.54) is 30.5 Å². The van der Waals surface area contributed by atoms with Crippen molar-refractivity contribution in [2.45, 2.75) is 25.7 Å². The highest BCUT2D eigenvalue weighted by Gasteiger charge is 2.40. The average Bonchev–Trinajstić information content (AvgIpc) is 3.32. The summed E-state index contributed by atoms with van der Waals surface area (Å²) in [4.78, 5) is 21.2. The number of aryl methyl sites for hydroxylation is 1. The van der Waals surface area contributed by atoms with Crippen LogP contribution in [0.4, 0.5) is 23.2 Å². The number of pyridine rings is 1. The van der Waals surface area contributed by atoms with Crippen molar-refractivity contribution in [1.82, 2.24) is 19.4 Å². The zero-order valence-electron chi connectivity index (χ0n) is 18.9. The molecule has 6 nitrogen and oxygen atoms in total. The molecule has 0 aliphatic carbocycles. The van der Waals surface area contributed by atoms with Crippen molar-refractivity contribution in [2.75, 3.05) is 11.9 Å². The number of anilines is 1. The molecule has 180 valence electrons. The van der Waals surface area contributed by atoms with Crippen molar-refractivity contribution < 1.29 is 22.4 Å². The molecule has 1 unspecified atom stereocenters. The minimum Gasteiger partial charge on any atom is -0.331 e. The molecular weight excluding hydrogens is 462 g/mol. The maximum Gasteiger partial charge on any atom is 0.401 e. The van der Waals surface area contributed by atoms with Crippen LogP contribution in [-0.2, 0) is 18.4 Å². The van der Waals surface area contributed by atoms with E-state index in [4.69, 9.17) is 0 Å². The van der Waals surface area contributed by atoms with E-state index in [1.54, 1.807) is 48.0 Å². The van der Waals surface area contributed by atoms with Gasteiger partial charge in [-0.25, -0.2) is 9.37 Å². The Kier molecular flexibility index (Phi) is 5.55. The molecule has 0 saturated heterocycles. The van der Waals surface area contributed by atoms with Crippen LogP contribution >= 0.6 is 0 Å². The number of carbonyl (C=O) groups is 1. The summed E-state index contributed by atoms with van der Waals surface area (Å²) in [5.41, 5.74) is 3.69. The van der Waals surface area contributed by atoms with Gasteiger partial charge in [-0.2, -0.15) is 13.2 Å². The predicted molar refractivity (Wildman–Crippen MR) is 123 cm³/mol. The first-order valence-corrected chi connectivity index (χ1v) is 10.9. The Labute approximate surface area is 198 Å². The maximum atomic E-state index is 15.7. The van der Waals surface area contributed by atoms with Crippen LogP contribution in [0.15, 0.2) is 55.1 Å². The van der Waals surface area contributed by atoms with E-state index in [-0.39, 0.29) is 18.0 Å². The number of fused-ring (bicyclic) bond motifs is 2. The van der Waals surface area contributed by atoms with E-state index in [1.807, 2.05) is 0 Å². The van der Waals surface area contributed by atoms with Crippen molar-refractivity contribution >= 4 is 22.6 Å². The maximum absolute atomic E-state index is 15.7. The number of imidazole rings is 1. The van der Waals surface area contributed by atoms with Gasteiger partial charge in [-0.05, 0) is 47.0 Å². The van der Waals surface area contributed by atoms with E-state index in [0.29, 0.717) is 39.0 Å². The van der Waals surface area contributed by atoms with Gasteiger partial charge in [-0.15, -0.1) is 0 Å². The number of alkyl halides is 3. The first-order chi connectivity index (χ1) is 16.6. The minimum atomic E-state index is -4.44. The van der Waals surface area contributed by atoms with Gasteiger partial charge in [0.05, 0.1) is 24.4 Å². The van der Waals surface area contributed by atoms with Crippen LogP contribution in [0.5, 0.6) is 0 Å². The highest BCUT2D eigenvalue weighted by Crippen LogP contribution is 2.44. The Morgan fingerprint density at radius 3 is 2.69 bits per heavy atom. The van der Waals surface area contributed by atoms with Crippen LogP contribution < -0.4 is 5.32 Å². The van der Waals surface area contributed by atoms with Gasteiger partial charge in [-0.1, -0.05) is 6.07 Å². The SMILES string of the molecule is CC(=O)Nc1ccc2c(c1)C(c1cnccc1-c1ccc3ncn(C)c3c1F)N(CC(F)(F)F)C2. The molecule has 4 aromatic rings. The molecule has 35 heavy (non-hydrogen) atoms. The number of rotatable bonds is 4. The molecule has 1 aliphatic rings. The Hall–Kier alpha value is -3.79. The molecule has 1 atom stereocenters. The number of hydrogen-bond donors (Lipinski definition) is 1. The Balaban J connectivity index is 1.69. The second kappa shape index (κ2) is 8.46. The van der Waals surface area contributed by atoms with Gasteiger partial charge in [0.1, 0.15) is 5.52 Å². The van der Waals surface area contributed by atoms with Crippen LogP contribution in [0.3, 0.4) is 0 Å². The summed E-state index contributed by atoms with van der Waals surface area (Å²) in [7, 11) is 1.68. The smallest absolute Gasteiger partial charge is 0.331 e. The topological polar surface area (TPSA) is 63.1 Å². The lowest BCUT2D eigenvalue weighted by atomic mass is 9.91. The molecule has 5 rings (SSSR count). The molecule has 0 spiro atoms. The number of aromatic nitrogens is 3. The van der Waals surface area contributed by atoms with Crippen LogP contribution in [-0.4, -0.2) is 38.1 Å². The number of carbonyl (C=O) groups excluding carboxylic acids is 1. The highest BCUT2D eigenvalue weighted by molar-refractivity contribution is 5.89. The van der Waals surface area contributed by atoms with Gasteiger partial charge in [0.2, 0.25) is 5.91 Å². The van der Waals surface area contributed by atoms with E-state index in [2.05, 4.69) is 15.3 Å². The van der Waals surface area contributed by atoms with Crippen LogP contribution in [0.1, 0.15) is 29.7 Å². The lowest BCUT2D eigenvalue weighted by molar-refractivity contribution is -0.149. The third-order valence-corrected chi connectivity index (χ3v) is 6.14. The summed E-state index contributed by atoms with van der Waals surface area (Å²) >= 11 is 0. The zero-order valence-corrected chi connectivity index (χ0v) is 18.9. The zero-order chi connectivity index (χ0) is 24.9. The summed E-state index contributed by atoms with van der Waals surface area (Å²) in [5.74, 6) is -0.803. The summed E-state index contributed by atoms with van der Waals surface area (Å²) in [5, 5.41) is 2.68. The van der Waals surface area contributed by atoms with E-state index >= 15 is 4.39 Å². The fourth-order valence-corrected chi connectivity index (χ4v) is 4.80.